The molecule has 1 saturated heterocycles. The molecule has 27 heavy (non-hydrogen) atoms. The Morgan fingerprint density at radius 2 is 2.07 bits per heavy atom. The summed E-state index contributed by atoms with van der Waals surface area (Å²) in [5.41, 5.74) is 2.10. The summed E-state index contributed by atoms with van der Waals surface area (Å²) < 4.78 is 10.8. The van der Waals surface area contributed by atoms with Crippen LogP contribution in [0.15, 0.2) is 24.3 Å². The first-order valence-electron chi connectivity index (χ1n) is 9.55. The maximum absolute atomic E-state index is 12.8. The molecule has 1 aromatic heterocycles. The van der Waals surface area contributed by atoms with Crippen molar-refractivity contribution in [3.8, 4) is 5.75 Å². The molecule has 2 heterocycles. The van der Waals surface area contributed by atoms with E-state index in [4.69, 9.17) is 9.47 Å². The van der Waals surface area contributed by atoms with Gasteiger partial charge in [-0.15, -0.1) is 0 Å². The fraction of sp³-hybridized carbons (Fsp3) is 0.524. The predicted molar refractivity (Wildman–Crippen MR) is 106 cm³/mol. The van der Waals surface area contributed by atoms with E-state index in [2.05, 4.69) is 29.0 Å². The Morgan fingerprint density at radius 3 is 2.74 bits per heavy atom. The van der Waals surface area contributed by atoms with Gasteiger partial charge in [-0.05, 0) is 25.0 Å². The average Bonchev–Trinajstić information content (AvgIpc) is 2.67. The van der Waals surface area contributed by atoms with Crippen molar-refractivity contribution >= 4 is 16.8 Å². The van der Waals surface area contributed by atoms with Crippen LogP contribution in [0.2, 0.25) is 0 Å². The van der Waals surface area contributed by atoms with Crippen LogP contribution in [0.3, 0.4) is 0 Å². The van der Waals surface area contributed by atoms with E-state index in [1.807, 2.05) is 31.2 Å². The predicted octanol–water partition coefficient (Wildman–Crippen LogP) is 2.64. The molecule has 1 unspecified atom stereocenters. The van der Waals surface area contributed by atoms with E-state index in [0.29, 0.717) is 29.8 Å². The Balaban J connectivity index is 1.76. The highest BCUT2D eigenvalue weighted by molar-refractivity contribution is 5.99. The summed E-state index contributed by atoms with van der Waals surface area (Å²) in [5, 5.41) is 4.02. The van der Waals surface area contributed by atoms with Gasteiger partial charge in [-0.3, -0.25) is 9.69 Å². The average molecular weight is 371 g/mol. The lowest BCUT2D eigenvalue weighted by Crippen LogP contribution is -2.51. The molecule has 1 aliphatic heterocycles. The number of ether oxygens (including phenoxy) is 2. The number of morpholine rings is 1. The van der Waals surface area contributed by atoms with Gasteiger partial charge in [0.05, 0.1) is 31.6 Å². The molecule has 3 rings (SSSR count). The minimum absolute atomic E-state index is 0.0800. The number of carbonyl (C=O) groups excluding carboxylic acids is 1. The number of hydrogen-bond acceptors (Lipinski definition) is 5. The maximum atomic E-state index is 12.8. The van der Waals surface area contributed by atoms with Gasteiger partial charge in [0.1, 0.15) is 11.3 Å². The Morgan fingerprint density at radius 1 is 1.33 bits per heavy atom. The molecule has 0 spiro atoms. The van der Waals surface area contributed by atoms with Crippen LogP contribution in [0.4, 0.5) is 0 Å². The zero-order chi connectivity index (χ0) is 19.4. The van der Waals surface area contributed by atoms with Crippen molar-refractivity contribution in [1.29, 1.82) is 0 Å². The number of hydrogen-bond donors (Lipinski definition) is 1. The molecule has 6 heteroatoms. The van der Waals surface area contributed by atoms with E-state index in [-0.39, 0.29) is 5.91 Å². The summed E-state index contributed by atoms with van der Waals surface area (Å²) in [5.74, 6) is 1.09. The number of aryl methyl sites for hydroxylation is 1. The molecule has 1 N–H and O–H groups in total. The molecule has 0 saturated carbocycles. The number of methoxy groups -OCH3 is 1. The van der Waals surface area contributed by atoms with Crippen molar-refractivity contribution in [2.24, 2.45) is 5.92 Å². The third-order valence-corrected chi connectivity index (χ3v) is 5.22. The van der Waals surface area contributed by atoms with Crippen molar-refractivity contribution < 1.29 is 14.3 Å². The second kappa shape index (κ2) is 8.67. The number of amides is 1. The van der Waals surface area contributed by atoms with E-state index >= 15 is 0 Å². The van der Waals surface area contributed by atoms with Crippen LogP contribution < -0.4 is 10.1 Å². The summed E-state index contributed by atoms with van der Waals surface area (Å²) in [7, 11) is 1.63. The molecular weight excluding hydrogens is 342 g/mol. The van der Waals surface area contributed by atoms with Crippen LogP contribution in [0, 0.1) is 12.8 Å². The van der Waals surface area contributed by atoms with E-state index < -0.39 is 0 Å². The van der Waals surface area contributed by atoms with Gasteiger partial charge in [0.2, 0.25) is 0 Å². The molecule has 1 atom stereocenters. The van der Waals surface area contributed by atoms with Gasteiger partial charge < -0.3 is 14.8 Å². The molecule has 2 aromatic rings. The SMILES string of the molecule is COc1cccc2cc(C(=O)NCC(C(C)C)N3CCOCC3)c(C)nc12. The second-order valence-corrected chi connectivity index (χ2v) is 7.32. The van der Waals surface area contributed by atoms with Gasteiger partial charge in [0, 0.05) is 31.1 Å². The first-order chi connectivity index (χ1) is 13.0. The van der Waals surface area contributed by atoms with E-state index in [1.165, 1.54) is 0 Å². The summed E-state index contributed by atoms with van der Waals surface area (Å²) in [4.78, 5) is 19.9. The molecule has 1 amide bonds. The van der Waals surface area contributed by atoms with E-state index in [1.54, 1.807) is 7.11 Å². The fourth-order valence-corrected chi connectivity index (χ4v) is 3.65. The number of rotatable bonds is 6. The van der Waals surface area contributed by atoms with Gasteiger partial charge in [-0.1, -0.05) is 26.0 Å². The van der Waals surface area contributed by atoms with Crippen molar-refractivity contribution in [3.63, 3.8) is 0 Å². The van der Waals surface area contributed by atoms with Crippen LogP contribution in [-0.4, -0.2) is 61.8 Å². The number of pyridine rings is 1. The number of nitrogens with one attached hydrogen (secondary N) is 1. The van der Waals surface area contributed by atoms with Gasteiger partial charge in [-0.25, -0.2) is 4.98 Å². The number of nitrogens with zero attached hydrogens (tertiary/aromatic N) is 2. The molecular formula is C21H29N3O3. The quantitative estimate of drug-likeness (QED) is 0.846. The highest BCUT2D eigenvalue weighted by Crippen LogP contribution is 2.25. The Labute approximate surface area is 160 Å². The second-order valence-electron chi connectivity index (χ2n) is 7.32. The largest absolute Gasteiger partial charge is 0.494 e. The minimum Gasteiger partial charge on any atom is -0.494 e. The highest BCUT2D eigenvalue weighted by atomic mass is 16.5. The third kappa shape index (κ3) is 4.39. The van der Waals surface area contributed by atoms with Crippen LogP contribution >= 0.6 is 0 Å². The van der Waals surface area contributed by atoms with Gasteiger partial charge in [-0.2, -0.15) is 0 Å². The van der Waals surface area contributed by atoms with Gasteiger partial charge >= 0.3 is 0 Å². The van der Waals surface area contributed by atoms with Crippen molar-refractivity contribution in [2.75, 3.05) is 40.0 Å². The fourth-order valence-electron chi connectivity index (χ4n) is 3.65. The molecule has 1 aromatic carbocycles. The third-order valence-electron chi connectivity index (χ3n) is 5.22. The minimum atomic E-state index is -0.0800. The summed E-state index contributed by atoms with van der Waals surface area (Å²) >= 11 is 0. The van der Waals surface area contributed by atoms with Crippen molar-refractivity contribution in [1.82, 2.24) is 15.2 Å². The first kappa shape index (κ1) is 19.6. The smallest absolute Gasteiger partial charge is 0.253 e. The number of fused-ring (bicyclic) bond motifs is 1. The van der Waals surface area contributed by atoms with Crippen LogP contribution in [0.25, 0.3) is 10.9 Å². The highest BCUT2D eigenvalue weighted by Gasteiger charge is 2.24. The Hall–Kier alpha value is -2.18. The lowest BCUT2D eigenvalue weighted by molar-refractivity contribution is 0.00672. The molecule has 0 radical (unpaired) electrons. The molecule has 1 fully saturated rings. The normalized spacial score (nSPS) is 16.5. The Kier molecular flexibility index (Phi) is 6.29. The van der Waals surface area contributed by atoms with Gasteiger partial charge in [0.25, 0.3) is 5.91 Å². The van der Waals surface area contributed by atoms with Crippen LogP contribution in [0.5, 0.6) is 5.75 Å². The van der Waals surface area contributed by atoms with E-state index in [0.717, 1.165) is 43.0 Å². The van der Waals surface area contributed by atoms with Crippen LogP contribution in [-0.2, 0) is 4.74 Å². The molecule has 0 aliphatic carbocycles. The lowest BCUT2D eigenvalue weighted by atomic mass is 10.0. The molecule has 1 aliphatic rings. The summed E-state index contributed by atoms with van der Waals surface area (Å²) in [6, 6.07) is 7.93. The van der Waals surface area contributed by atoms with Crippen molar-refractivity contribution in [2.45, 2.75) is 26.8 Å². The Bertz CT molecular complexity index is 801. The molecule has 146 valence electrons. The number of carbonyl (C=O) groups is 1. The number of benzene rings is 1. The lowest BCUT2D eigenvalue weighted by Gasteiger charge is -2.36. The van der Waals surface area contributed by atoms with Gasteiger partial charge in [0.15, 0.2) is 0 Å². The monoisotopic (exact) mass is 371 g/mol. The number of aromatic nitrogens is 1. The van der Waals surface area contributed by atoms with E-state index in [9.17, 15) is 4.79 Å². The summed E-state index contributed by atoms with van der Waals surface area (Å²) in [6.07, 6.45) is 0. The molecule has 6 nitrogen and oxygen atoms in total. The number of para-hydroxylation sites is 1. The first-order valence-corrected chi connectivity index (χ1v) is 9.55. The zero-order valence-corrected chi connectivity index (χ0v) is 16.6. The molecule has 0 bridgehead atoms. The standard InChI is InChI=1S/C21H29N3O3/c1-14(2)18(24-8-10-27-11-9-24)13-22-21(25)17-12-16-6-5-7-19(26-4)20(16)23-15(17)3/h5-7,12,14,18H,8-11,13H2,1-4H3,(H,22,25). The summed E-state index contributed by atoms with van der Waals surface area (Å²) in [6.45, 7) is 10.2. The van der Waals surface area contributed by atoms with Crippen molar-refractivity contribution in [3.05, 3.63) is 35.5 Å². The zero-order valence-electron chi connectivity index (χ0n) is 16.6. The topological polar surface area (TPSA) is 63.7 Å². The maximum Gasteiger partial charge on any atom is 0.253 e. The van der Waals surface area contributed by atoms with Crippen LogP contribution in [0.1, 0.15) is 29.9 Å².